The van der Waals surface area contributed by atoms with Crippen molar-refractivity contribution in [2.24, 2.45) is 7.05 Å². The molecule has 0 atom stereocenters. The van der Waals surface area contributed by atoms with Gasteiger partial charge in [-0.25, -0.2) is 4.98 Å². The van der Waals surface area contributed by atoms with Crippen LogP contribution < -0.4 is 5.32 Å². The summed E-state index contributed by atoms with van der Waals surface area (Å²) in [5, 5.41) is 3.63. The van der Waals surface area contributed by atoms with Crippen LogP contribution in [0.4, 0.5) is 0 Å². The second-order valence-electron chi connectivity index (χ2n) is 6.35. The van der Waals surface area contributed by atoms with Crippen molar-refractivity contribution in [2.45, 2.75) is 0 Å². The third-order valence-electron chi connectivity index (χ3n) is 4.62. The maximum Gasteiger partial charge on any atom is 0.287 e. The molecule has 1 amide bonds. The van der Waals surface area contributed by atoms with Crippen LogP contribution in [0.1, 0.15) is 10.6 Å². The van der Waals surface area contributed by atoms with Gasteiger partial charge in [-0.1, -0.05) is 11.6 Å². The number of amides is 1. The van der Waals surface area contributed by atoms with Gasteiger partial charge in [-0.15, -0.1) is 11.3 Å². The van der Waals surface area contributed by atoms with E-state index in [1.165, 1.54) is 0 Å². The lowest BCUT2D eigenvalue weighted by molar-refractivity contribution is 0.0383. The normalized spacial score (nSPS) is 15.3. The smallest absolute Gasteiger partial charge is 0.287 e. The second-order valence-corrected chi connectivity index (χ2v) is 7.81. The van der Waals surface area contributed by atoms with E-state index in [0.717, 1.165) is 53.6 Å². The Kier molecular flexibility index (Phi) is 5.40. The number of thiophene rings is 1. The zero-order chi connectivity index (χ0) is 18.8. The number of carbonyl (C=O) groups excluding carboxylic acids is 1. The number of nitrogens with one attached hydrogen (secondary N) is 1. The quantitative estimate of drug-likeness (QED) is 0.705. The molecular weight excluding hydrogens is 386 g/mol. The summed E-state index contributed by atoms with van der Waals surface area (Å²) in [4.78, 5) is 24.4. The van der Waals surface area contributed by atoms with E-state index in [9.17, 15) is 4.79 Å². The van der Waals surface area contributed by atoms with Gasteiger partial charge in [0.05, 0.1) is 45.2 Å². The van der Waals surface area contributed by atoms with E-state index in [1.807, 2.05) is 17.7 Å². The Morgan fingerprint density at radius 2 is 2.19 bits per heavy atom. The highest BCUT2D eigenvalue weighted by Gasteiger charge is 2.18. The molecule has 0 radical (unpaired) electrons. The van der Waals surface area contributed by atoms with E-state index in [1.54, 1.807) is 29.8 Å². The number of carbonyl (C=O) groups is 1. The maximum atomic E-state index is 12.5. The number of pyridine rings is 1. The van der Waals surface area contributed by atoms with Crippen molar-refractivity contribution in [2.75, 3.05) is 39.4 Å². The fourth-order valence-electron chi connectivity index (χ4n) is 3.11. The van der Waals surface area contributed by atoms with Crippen molar-refractivity contribution < 1.29 is 9.53 Å². The van der Waals surface area contributed by atoms with Gasteiger partial charge in [-0.05, 0) is 12.1 Å². The molecule has 3 aromatic heterocycles. The van der Waals surface area contributed by atoms with Crippen LogP contribution >= 0.6 is 22.9 Å². The van der Waals surface area contributed by atoms with Crippen LogP contribution in [-0.4, -0.2) is 64.7 Å². The van der Waals surface area contributed by atoms with Gasteiger partial charge in [0.15, 0.2) is 5.82 Å². The lowest BCUT2D eigenvalue weighted by Gasteiger charge is -2.26. The van der Waals surface area contributed by atoms with Gasteiger partial charge >= 0.3 is 0 Å². The second kappa shape index (κ2) is 7.93. The fraction of sp³-hybridized carbons (Fsp3) is 0.389. The van der Waals surface area contributed by atoms with Crippen LogP contribution in [0.2, 0.25) is 5.02 Å². The number of ether oxygens (including phenoxy) is 1. The summed E-state index contributed by atoms with van der Waals surface area (Å²) in [5.74, 6) is 0.220. The molecule has 1 saturated heterocycles. The van der Waals surface area contributed by atoms with E-state index in [4.69, 9.17) is 16.3 Å². The van der Waals surface area contributed by atoms with Crippen molar-refractivity contribution in [1.82, 2.24) is 24.8 Å². The van der Waals surface area contributed by atoms with Gasteiger partial charge < -0.3 is 14.6 Å². The first-order valence-corrected chi connectivity index (χ1v) is 9.97. The van der Waals surface area contributed by atoms with Crippen LogP contribution in [0.5, 0.6) is 0 Å². The number of rotatable bonds is 5. The summed E-state index contributed by atoms with van der Waals surface area (Å²) in [6.45, 7) is 4.72. The van der Waals surface area contributed by atoms with Crippen LogP contribution in [0.25, 0.3) is 20.8 Å². The number of hydrogen-bond donors (Lipinski definition) is 1. The maximum absolute atomic E-state index is 12.5. The van der Waals surface area contributed by atoms with Crippen molar-refractivity contribution in [1.29, 1.82) is 0 Å². The van der Waals surface area contributed by atoms with Gasteiger partial charge in [0.1, 0.15) is 0 Å². The number of aromatic nitrogens is 3. The van der Waals surface area contributed by atoms with Crippen LogP contribution in [-0.2, 0) is 11.8 Å². The highest BCUT2D eigenvalue weighted by molar-refractivity contribution is 7.22. The monoisotopic (exact) mass is 405 g/mol. The van der Waals surface area contributed by atoms with Crippen LogP contribution in [0.15, 0.2) is 24.5 Å². The summed E-state index contributed by atoms with van der Waals surface area (Å²) in [7, 11) is 1.85. The predicted molar refractivity (Wildman–Crippen MR) is 106 cm³/mol. The number of hydrogen-bond acceptors (Lipinski definition) is 6. The standard InChI is InChI=1S/C18H20ClN5O2S/c1-23-14(15-10-13-16(27-15)12(19)2-3-20-13)11-22-17(23)18(25)21-4-5-24-6-8-26-9-7-24/h2-3,10-11H,4-9H2,1H3,(H,21,25). The molecule has 1 N–H and O–H groups in total. The highest BCUT2D eigenvalue weighted by atomic mass is 35.5. The molecular formula is C18H20ClN5O2S. The molecule has 0 aromatic carbocycles. The third-order valence-corrected chi connectivity index (χ3v) is 6.23. The fourth-order valence-corrected chi connectivity index (χ4v) is 4.45. The lowest BCUT2D eigenvalue weighted by Crippen LogP contribution is -2.41. The summed E-state index contributed by atoms with van der Waals surface area (Å²) < 4.78 is 8.08. The SMILES string of the molecule is Cn1c(-c2cc3nccc(Cl)c3s2)cnc1C(=O)NCCN1CCOCC1. The molecule has 0 spiro atoms. The number of imidazole rings is 1. The van der Waals surface area contributed by atoms with Crippen molar-refractivity contribution in [3.8, 4) is 10.6 Å². The molecule has 142 valence electrons. The van der Waals surface area contributed by atoms with Crippen molar-refractivity contribution in [3.63, 3.8) is 0 Å². The van der Waals surface area contributed by atoms with Crippen LogP contribution in [0.3, 0.4) is 0 Å². The average molecular weight is 406 g/mol. The van der Waals surface area contributed by atoms with E-state index in [0.29, 0.717) is 17.4 Å². The molecule has 7 nitrogen and oxygen atoms in total. The van der Waals surface area contributed by atoms with Crippen molar-refractivity contribution >= 4 is 39.1 Å². The van der Waals surface area contributed by atoms with Gasteiger partial charge in [-0.2, -0.15) is 0 Å². The Bertz CT molecular complexity index is 964. The zero-order valence-electron chi connectivity index (χ0n) is 14.9. The zero-order valence-corrected chi connectivity index (χ0v) is 16.5. The van der Waals surface area contributed by atoms with E-state index < -0.39 is 0 Å². The molecule has 1 fully saturated rings. The number of morpholine rings is 1. The molecule has 0 saturated carbocycles. The topological polar surface area (TPSA) is 72.3 Å². The number of nitrogens with zero attached hydrogens (tertiary/aromatic N) is 4. The molecule has 3 aromatic rings. The minimum atomic E-state index is -0.172. The number of halogens is 1. The molecule has 9 heteroatoms. The molecule has 0 aliphatic carbocycles. The summed E-state index contributed by atoms with van der Waals surface area (Å²) in [5.41, 5.74) is 1.72. The molecule has 4 rings (SSSR count). The van der Waals surface area contributed by atoms with Crippen molar-refractivity contribution in [3.05, 3.63) is 35.4 Å². The molecule has 4 heterocycles. The Hall–Kier alpha value is -2.00. The minimum absolute atomic E-state index is 0.172. The van der Waals surface area contributed by atoms with E-state index in [2.05, 4.69) is 20.2 Å². The molecule has 0 bridgehead atoms. The largest absolute Gasteiger partial charge is 0.379 e. The first-order chi connectivity index (χ1) is 13.1. The Morgan fingerprint density at radius 3 is 2.96 bits per heavy atom. The Morgan fingerprint density at radius 1 is 1.37 bits per heavy atom. The summed E-state index contributed by atoms with van der Waals surface area (Å²) in [6.07, 6.45) is 3.41. The van der Waals surface area contributed by atoms with Gasteiger partial charge in [-0.3, -0.25) is 14.7 Å². The number of fused-ring (bicyclic) bond motifs is 1. The first-order valence-electron chi connectivity index (χ1n) is 8.78. The lowest BCUT2D eigenvalue weighted by atomic mass is 10.3. The van der Waals surface area contributed by atoms with Gasteiger partial charge in [0, 0.05) is 39.4 Å². The summed E-state index contributed by atoms with van der Waals surface area (Å²) in [6, 6.07) is 3.75. The molecule has 0 unspecified atom stereocenters. The van der Waals surface area contributed by atoms with Crippen LogP contribution in [0, 0.1) is 0 Å². The Balaban J connectivity index is 1.46. The minimum Gasteiger partial charge on any atom is -0.379 e. The molecule has 27 heavy (non-hydrogen) atoms. The Labute approximate surface area is 165 Å². The molecule has 1 aliphatic rings. The average Bonchev–Trinajstić information content (AvgIpc) is 3.27. The third kappa shape index (κ3) is 3.84. The highest BCUT2D eigenvalue weighted by Crippen LogP contribution is 2.36. The molecule has 1 aliphatic heterocycles. The van der Waals surface area contributed by atoms with E-state index in [-0.39, 0.29) is 5.91 Å². The van der Waals surface area contributed by atoms with Gasteiger partial charge in [0.2, 0.25) is 0 Å². The van der Waals surface area contributed by atoms with Gasteiger partial charge in [0.25, 0.3) is 5.91 Å². The first kappa shape index (κ1) is 18.4. The predicted octanol–water partition coefficient (Wildman–Crippen LogP) is 2.41. The van der Waals surface area contributed by atoms with E-state index >= 15 is 0 Å². The summed E-state index contributed by atoms with van der Waals surface area (Å²) >= 11 is 7.79.